The normalized spacial score (nSPS) is 24.2. The van der Waals surface area contributed by atoms with Crippen molar-refractivity contribution in [3.8, 4) is 0 Å². The summed E-state index contributed by atoms with van der Waals surface area (Å²) < 4.78 is 0. The Hall–Kier alpha value is -0.500. The Balaban J connectivity index is 2.02. The second-order valence-electron chi connectivity index (χ2n) is 3.62. The smallest absolute Gasteiger partial charge is 0.0500 e. The highest BCUT2D eigenvalue weighted by Crippen LogP contribution is 2.32. The molecule has 1 aliphatic carbocycles. The molecule has 0 unspecified atom stereocenters. The maximum absolute atomic E-state index is 4.48. The van der Waals surface area contributed by atoms with Crippen LogP contribution in [-0.2, 0) is 0 Å². The Kier molecular flexibility index (Phi) is 3.25. The fourth-order valence-electron chi connectivity index (χ4n) is 1.95. The average molecular weight is 193 g/mol. The van der Waals surface area contributed by atoms with Gasteiger partial charge in [0.05, 0.1) is 5.70 Å². The molecule has 1 aliphatic heterocycles. The molecule has 0 aromatic heterocycles. The van der Waals surface area contributed by atoms with Crippen LogP contribution in [0.25, 0.3) is 0 Å². The summed E-state index contributed by atoms with van der Waals surface area (Å²) in [6, 6.07) is 0. The van der Waals surface area contributed by atoms with E-state index in [9.17, 15) is 0 Å². The summed E-state index contributed by atoms with van der Waals surface area (Å²) in [5.41, 5.74) is 1.30. The van der Waals surface area contributed by atoms with Gasteiger partial charge in [0, 0.05) is 12.1 Å². The first-order valence-electron chi connectivity index (χ1n) is 5.01. The largest absolute Gasteiger partial charge is 0.260 e. The lowest BCUT2D eigenvalue weighted by Gasteiger charge is -2.21. The number of hydrogen-bond acceptors (Lipinski definition) is 2. The molecule has 1 fully saturated rings. The number of thioether (sulfide) groups is 1. The molecule has 0 saturated heterocycles. The minimum absolute atomic E-state index is 0.734. The van der Waals surface area contributed by atoms with Crippen LogP contribution in [0.2, 0.25) is 0 Å². The van der Waals surface area contributed by atoms with Gasteiger partial charge in [0.1, 0.15) is 0 Å². The maximum atomic E-state index is 4.48. The lowest BCUT2D eigenvalue weighted by molar-refractivity contribution is 0.401. The summed E-state index contributed by atoms with van der Waals surface area (Å²) in [6.45, 7) is 0. The highest BCUT2D eigenvalue weighted by Gasteiger charge is 2.17. The molecule has 2 rings (SSSR count). The Bertz CT molecular complexity index is 247. The van der Waals surface area contributed by atoms with E-state index in [0.29, 0.717) is 0 Å². The summed E-state index contributed by atoms with van der Waals surface area (Å²) in [7, 11) is 0. The number of allylic oxidation sites excluding steroid dienone is 2. The maximum Gasteiger partial charge on any atom is 0.0500 e. The quantitative estimate of drug-likeness (QED) is 0.618. The first-order valence-corrected chi connectivity index (χ1v) is 5.96. The van der Waals surface area contributed by atoms with Gasteiger partial charge < -0.3 is 0 Å². The van der Waals surface area contributed by atoms with Crippen LogP contribution in [0.4, 0.5) is 0 Å². The van der Waals surface area contributed by atoms with Crippen molar-refractivity contribution in [2.75, 3.05) is 0 Å². The Morgan fingerprint density at radius 2 is 2.08 bits per heavy atom. The zero-order valence-electron chi connectivity index (χ0n) is 7.78. The van der Waals surface area contributed by atoms with E-state index in [1.54, 1.807) is 11.8 Å². The van der Waals surface area contributed by atoms with E-state index in [4.69, 9.17) is 0 Å². The first-order chi connectivity index (χ1) is 6.47. The molecule has 13 heavy (non-hydrogen) atoms. The molecular weight excluding hydrogens is 178 g/mol. The standard InChI is InChI=1S/C11H15NS/c1-2-5-10(6-3-1)11-9-13-8-4-7-12-11/h4,7-10H,1-3,5-6H2. The third-order valence-electron chi connectivity index (χ3n) is 2.68. The lowest BCUT2D eigenvalue weighted by Crippen LogP contribution is -2.07. The van der Waals surface area contributed by atoms with Gasteiger partial charge in [-0.1, -0.05) is 19.3 Å². The van der Waals surface area contributed by atoms with Crippen LogP contribution in [0.5, 0.6) is 0 Å². The zero-order chi connectivity index (χ0) is 8.93. The predicted molar refractivity (Wildman–Crippen MR) is 59.9 cm³/mol. The molecule has 1 nitrogen and oxygen atoms in total. The van der Waals surface area contributed by atoms with E-state index < -0.39 is 0 Å². The minimum Gasteiger partial charge on any atom is -0.260 e. The summed E-state index contributed by atoms with van der Waals surface area (Å²) in [5, 5.41) is 4.29. The van der Waals surface area contributed by atoms with Crippen LogP contribution in [0.15, 0.2) is 27.6 Å². The van der Waals surface area contributed by atoms with Crippen molar-refractivity contribution < 1.29 is 0 Å². The molecule has 0 amide bonds. The van der Waals surface area contributed by atoms with E-state index in [2.05, 4.69) is 15.8 Å². The van der Waals surface area contributed by atoms with Crippen LogP contribution in [0, 0.1) is 5.92 Å². The van der Waals surface area contributed by atoms with E-state index in [1.807, 2.05) is 12.3 Å². The summed E-state index contributed by atoms with van der Waals surface area (Å²) in [5.74, 6) is 0.734. The van der Waals surface area contributed by atoms with Gasteiger partial charge in [0.2, 0.25) is 0 Å². The van der Waals surface area contributed by atoms with E-state index in [-0.39, 0.29) is 0 Å². The molecule has 0 N–H and O–H groups in total. The molecule has 70 valence electrons. The first kappa shape index (κ1) is 9.07. The second-order valence-corrected chi connectivity index (χ2v) is 4.40. The van der Waals surface area contributed by atoms with Crippen LogP contribution < -0.4 is 0 Å². The Morgan fingerprint density at radius 3 is 2.92 bits per heavy atom. The molecule has 0 bridgehead atoms. The minimum atomic E-state index is 0.734. The van der Waals surface area contributed by atoms with Gasteiger partial charge in [0.25, 0.3) is 0 Å². The van der Waals surface area contributed by atoms with E-state index in [1.165, 1.54) is 37.8 Å². The third-order valence-corrected chi connectivity index (χ3v) is 3.37. The van der Waals surface area contributed by atoms with Crippen molar-refractivity contribution in [3.05, 3.63) is 22.6 Å². The van der Waals surface area contributed by atoms with Gasteiger partial charge in [-0.3, -0.25) is 4.99 Å². The van der Waals surface area contributed by atoms with Crippen LogP contribution in [0.1, 0.15) is 32.1 Å². The van der Waals surface area contributed by atoms with Crippen molar-refractivity contribution in [3.63, 3.8) is 0 Å². The molecule has 1 saturated carbocycles. The van der Waals surface area contributed by atoms with Gasteiger partial charge in [-0.25, -0.2) is 0 Å². The Labute approximate surface area is 84.0 Å². The molecule has 0 aromatic carbocycles. The van der Waals surface area contributed by atoms with Crippen LogP contribution in [0.3, 0.4) is 0 Å². The number of hydrogen-bond donors (Lipinski definition) is 0. The molecule has 1 heterocycles. The number of rotatable bonds is 1. The summed E-state index contributed by atoms with van der Waals surface area (Å²) >= 11 is 1.75. The van der Waals surface area contributed by atoms with Crippen LogP contribution >= 0.6 is 11.8 Å². The molecule has 2 aliphatic rings. The molecule has 0 radical (unpaired) electrons. The van der Waals surface area contributed by atoms with Crippen molar-refractivity contribution in [2.24, 2.45) is 10.9 Å². The average Bonchev–Trinajstić information content (AvgIpc) is 2.47. The predicted octanol–water partition coefficient (Wildman–Crippen LogP) is 3.74. The molecule has 2 heteroatoms. The fraction of sp³-hybridized carbons (Fsp3) is 0.545. The number of nitrogens with zero attached hydrogens (tertiary/aromatic N) is 1. The SMILES string of the molecule is C1=CSC=C(C2CCCCC2)N=C1. The summed E-state index contributed by atoms with van der Waals surface area (Å²) in [4.78, 5) is 4.48. The van der Waals surface area contributed by atoms with Crippen molar-refractivity contribution in [1.29, 1.82) is 0 Å². The molecule has 0 atom stereocenters. The van der Waals surface area contributed by atoms with Gasteiger partial charge in [-0.05, 0) is 29.7 Å². The van der Waals surface area contributed by atoms with Crippen molar-refractivity contribution >= 4 is 18.0 Å². The van der Waals surface area contributed by atoms with Crippen LogP contribution in [-0.4, -0.2) is 6.21 Å². The molecule has 0 spiro atoms. The van der Waals surface area contributed by atoms with E-state index >= 15 is 0 Å². The van der Waals surface area contributed by atoms with Gasteiger partial charge >= 0.3 is 0 Å². The Morgan fingerprint density at radius 1 is 1.23 bits per heavy atom. The van der Waals surface area contributed by atoms with Crippen molar-refractivity contribution in [1.82, 2.24) is 0 Å². The highest BCUT2D eigenvalue weighted by molar-refractivity contribution is 8.04. The molecular formula is C11H15NS. The topological polar surface area (TPSA) is 12.4 Å². The lowest BCUT2D eigenvalue weighted by atomic mass is 9.87. The van der Waals surface area contributed by atoms with Gasteiger partial charge in [-0.2, -0.15) is 0 Å². The highest BCUT2D eigenvalue weighted by atomic mass is 32.2. The zero-order valence-corrected chi connectivity index (χ0v) is 8.59. The van der Waals surface area contributed by atoms with Gasteiger partial charge in [-0.15, -0.1) is 11.8 Å². The monoisotopic (exact) mass is 193 g/mol. The third kappa shape index (κ3) is 2.47. The van der Waals surface area contributed by atoms with Crippen molar-refractivity contribution in [2.45, 2.75) is 32.1 Å². The number of aliphatic imine (C=N–C) groups is 1. The second kappa shape index (κ2) is 4.66. The fourth-order valence-corrected chi connectivity index (χ4v) is 2.58. The molecule has 0 aromatic rings. The van der Waals surface area contributed by atoms with Gasteiger partial charge in [0.15, 0.2) is 0 Å². The summed E-state index contributed by atoms with van der Waals surface area (Å²) in [6.07, 6.45) is 10.8. The van der Waals surface area contributed by atoms with E-state index in [0.717, 1.165) is 5.92 Å².